The molecule has 0 aliphatic carbocycles. The van der Waals surface area contributed by atoms with Crippen LogP contribution in [0.4, 0.5) is 24.5 Å². The molecule has 3 amide bonds. The van der Waals surface area contributed by atoms with Crippen LogP contribution in [0.2, 0.25) is 0 Å². The Hall–Kier alpha value is -4.69. The molecule has 260 valence electrons. The second-order valence-corrected chi connectivity index (χ2v) is 15.0. The number of para-hydroxylation sites is 1. The highest BCUT2D eigenvalue weighted by Gasteiger charge is 2.57. The monoisotopic (exact) mass is 723 g/mol. The van der Waals surface area contributed by atoms with Gasteiger partial charge in [0, 0.05) is 16.5 Å². The van der Waals surface area contributed by atoms with Crippen LogP contribution in [0.25, 0.3) is 0 Å². The molecule has 3 atom stereocenters. The van der Waals surface area contributed by atoms with E-state index in [1.165, 1.54) is 41.0 Å². The SMILES string of the molecule is CCOC(=O)c1ccc(NC(=O)Cn2c3c(sc2=O)[C@H](c2ccc(C(C)(C)C)cc2)C2C(=O)N(c4ccccc4C(F)(F)F)C(=O)C2S3)cc1. The standard InChI is InChI=1S/C36H32F3N3O6S2/c1-5-48-33(46)20-12-16-22(17-13-20)40-25(43)18-41-32-29(50-34(41)47)26(19-10-14-21(15-11-19)35(2,3)4)27-28(49-32)31(45)42(30(27)44)24-9-7-6-8-23(24)36(37,38)39/h6-17,26-28H,5,18H2,1-4H3,(H,40,43)/t26-,27?,28?/m1/s1. The predicted molar refractivity (Wildman–Crippen MR) is 184 cm³/mol. The number of nitrogens with one attached hydrogen (secondary N) is 1. The highest BCUT2D eigenvalue weighted by Crippen LogP contribution is 2.54. The van der Waals surface area contributed by atoms with E-state index < -0.39 is 69.6 Å². The van der Waals surface area contributed by atoms with E-state index in [2.05, 4.69) is 5.32 Å². The Morgan fingerprint density at radius 2 is 1.56 bits per heavy atom. The van der Waals surface area contributed by atoms with Gasteiger partial charge in [0.05, 0.1) is 34.4 Å². The van der Waals surface area contributed by atoms with Crippen LogP contribution in [-0.4, -0.2) is 40.1 Å². The molecule has 1 saturated heterocycles. The van der Waals surface area contributed by atoms with Gasteiger partial charge in [0.15, 0.2) is 0 Å². The third-order valence-corrected chi connectivity index (χ3v) is 11.2. The Bertz CT molecular complexity index is 2050. The molecular weight excluding hydrogens is 692 g/mol. The van der Waals surface area contributed by atoms with E-state index in [1.54, 1.807) is 6.92 Å². The lowest BCUT2D eigenvalue weighted by Crippen LogP contribution is -2.33. The number of esters is 1. The number of anilines is 2. The van der Waals surface area contributed by atoms with Crippen molar-refractivity contribution in [3.8, 4) is 0 Å². The third kappa shape index (κ3) is 6.49. The van der Waals surface area contributed by atoms with E-state index >= 15 is 0 Å². The van der Waals surface area contributed by atoms with Gasteiger partial charge in [0.25, 0.3) is 0 Å². The normalized spacial score (nSPS) is 18.9. The molecule has 14 heteroatoms. The fourth-order valence-corrected chi connectivity index (χ4v) is 8.97. The third-order valence-electron chi connectivity index (χ3n) is 8.62. The van der Waals surface area contributed by atoms with Crippen LogP contribution >= 0.6 is 23.1 Å². The van der Waals surface area contributed by atoms with E-state index in [-0.39, 0.29) is 12.0 Å². The van der Waals surface area contributed by atoms with Gasteiger partial charge in [-0.05, 0) is 59.9 Å². The number of carbonyl (C=O) groups excluding carboxylic acids is 4. The van der Waals surface area contributed by atoms with E-state index in [4.69, 9.17) is 4.74 Å². The van der Waals surface area contributed by atoms with Crippen LogP contribution in [0.15, 0.2) is 82.6 Å². The number of aromatic nitrogens is 1. The maximum Gasteiger partial charge on any atom is 0.418 e. The molecule has 1 fully saturated rings. The van der Waals surface area contributed by atoms with Crippen molar-refractivity contribution in [1.29, 1.82) is 0 Å². The first kappa shape index (κ1) is 35.1. The highest BCUT2D eigenvalue weighted by atomic mass is 32.2. The summed E-state index contributed by atoms with van der Waals surface area (Å²) < 4.78 is 48.4. The second kappa shape index (κ2) is 13.2. The van der Waals surface area contributed by atoms with E-state index in [1.807, 2.05) is 45.0 Å². The van der Waals surface area contributed by atoms with Gasteiger partial charge in [-0.25, -0.2) is 9.69 Å². The van der Waals surface area contributed by atoms with Crippen LogP contribution in [0.5, 0.6) is 0 Å². The van der Waals surface area contributed by atoms with Crippen molar-refractivity contribution in [2.75, 3.05) is 16.8 Å². The van der Waals surface area contributed by atoms with E-state index in [0.29, 0.717) is 31.6 Å². The van der Waals surface area contributed by atoms with E-state index in [9.17, 15) is 37.1 Å². The van der Waals surface area contributed by atoms with Crippen LogP contribution in [0, 0.1) is 5.92 Å². The lowest BCUT2D eigenvalue weighted by atomic mass is 9.81. The summed E-state index contributed by atoms with van der Waals surface area (Å²) in [4.78, 5) is 67.5. The van der Waals surface area contributed by atoms with Gasteiger partial charge < -0.3 is 10.1 Å². The van der Waals surface area contributed by atoms with Crippen molar-refractivity contribution in [2.24, 2.45) is 5.92 Å². The molecule has 1 N–H and O–H groups in total. The molecule has 3 heterocycles. The summed E-state index contributed by atoms with van der Waals surface area (Å²) in [6, 6.07) is 17.9. The van der Waals surface area contributed by atoms with Gasteiger partial charge >= 0.3 is 17.0 Å². The van der Waals surface area contributed by atoms with Gasteiger partial charge in [0.2, 0.25) is 17.7 Å². The number of hydrogen-bond donors (Lipinski definition) is 1. The minimum absolute atomic E-state index is 0.202. The van der Waals surface area contributed by atoms with Crippen LogP contribution in [0.3, 0.4) is 0 Å². The number of alkyl halides is 3. The van der Waals surface area contributed by atoms with Crippen molar-refractivity contribution < 1.29 is 37.1 Å². The Morgan fingerprint density at radius 1 is 0.900 bits per heavy atom. The number of amides is 3. The molecule has 2 unspecified atom stereocenters. The smallest absolute Gasteiger partial charge is 0.418 e. The maximum absolute atomic E-state index is 14.2. The molecular formula is C36H32F3N3O6S2. The topological polar surface area (TPSA) is 115 Å². The molecule has 6 rings (SSSR count). The zero-order valence-corrected chi connectivity index (χ0v) is 29.0. The number of hydrogen-bond acceptors (Lipinski definition) is 8. The summed E-state index contributed by atoms with van der Waals surface area (Å²) in [5.41, 5.74) is 0.392. The molecule has 0 radical (unpaired) electrons. The Kier molecular flexibility index (Phi) is 9.29. The lowest BCUT2D eigenvalue weighted by Gasteiger charge is -2.31. The van der Waals surface area contributed by atoms with Crippen molar-refractivity contribution in [3.63, 3.8) is 0 Å². The summed E-state index contributed by atoms with van der Waals surface area (Å²) in [7, 11) is 0. The van der Waals surface area contributed by atoms with Crippen LogP contribution in [-0.2, 0) is 37.3 Å². The number of thiazole rings is 1. The minimum Gasteiger partial charge on any atom is -0.462 e. The molecule has 3 aromatic carbocycles. The average molecular weight is 724 g/mol. The van der Waals surface area contributed by atoms with Gasteiger partial charge in [-0.3, -0.25) is 23.7 Å². The van der Waals surface area contributed by atoms with Crippen molar-refractivity contribution in [1.82, 2.24) is 4.57 Å². The van der Waals surface area contributed by atoms with Crippen LogP contribution in [0.1, 0.15) is 65.5 Å². The zero-order valence-electron chi connectivity index (χ0n) is 27.4. The number of ether oxygens (including phenoxy) is 1. The first-order chi connectivity index (χ1) is 23.6. The first-order valence-corrected chi connectivity index (χ1v) is 17.4. The Balaban J connectivity index is 1.38. The summed E-state index contributed by atoms with van der Waals surface area (Å²) in [5, 5.41) is 1.83. The Labute approximate surface area is 293 Å². The summed E-state index contributed by atoms with van der Waals surface area (Å²) >= 11 is 1.75. The first-order valence-electron chi connectivity index (χ1n) is 15.7. The molecule has 0 bridgehead atoms. The number of carbonyl (C=O) groups is 4. The number of fused-ring (bicyclic) bond motifs is 2. The summed E-state index contributed by atoms with van der Waals surface area (Å²) in [6.45, 7) is 7.56. The molecule has 4 aromatic rings. The van der Waals surface area contributed by atoms with Gasteiger partial charge in [-0.1, -0.05) is 80.3 Å². The van der Waals surface area contributed by atoms with Gasteiger partial charge in [-0.15, -0.1) is 0 Å². The lowest BCUT2D eigenvalue weighted by molar-refractivity contribution is -0.137. The second-order valence-electron chi connectivity index (χ2n) is 12.9. The largest absolute Gasteiger partial charge is 0.462 e. The fourth-order valence-electron chi connectivity index (χ4n) is 6.20. The number of nitrogens with zero attached hydrogens (tertiary/aromatic N) is 2. The molecule has 0 saturated carbocycles. The van der Waals surface area contributed by atoms with E-state index in [0.717, 1.165) is 40.8 Å². The Morgan fingerprint density at radius 3 is 2.18 bits per heavy atom. The molecule has 9 nitrogen and oxygen atoms in total. The minimum atomic E-state index is -4.83. The van der Waals surface area contributed by atoms with Gasteiger partial charge in [0.1, 0.15) is 11.8 Å². The maximum atomic E-state index is 14.2. The van der Waals surface area contributed by atoms with Crippen molar-refractivity contribution >= 4 is 58.2 Å². The molecule has 2 aliphatic rings. The average Bonchev–Trinajstić information content (AvgIpc) is 3.50. The fraction of sp³-hybridized carbons (Fsp3) is 0.306. The molecule has 1 aromatic heterocycles. The molecule has 50 heavy (non-hydrogen) atoms. The molecule has 2 aliphatic heterocycles. The number of rotatable bonds is 7. The highest BCUT2D eigenvalue weighted by molar-refractivity contribution is 8.00. The predicted octanol–water partition coefficient (Wildman–Crippen LogP) is 6.84. The number of thioether (sulfide) groups is 1. The summed E-state index contributed by atoms with van der Waals surface area (Å²) in [6.07, 6.45) is -4.83. The van der Waals surface area contributed by atoms with Crippen molar-refractivity contribution in [2.45, 2.75) is 62.0 Å². The number of halogens is 3. The van der Waals surface area contributed by atoms with Crippen LogP contribution < -0.4 is 15.1 Å². The number of benzene rings is 3. The van der Waals surface area contributed by atoms with Gasteiger partial charge in [-0.2, -0.15) is 13.2 Å². The molecule has 0 spiro atoms. The zero-order chi connectivity index (χ0) is 36.1. The summed E-state index contributed by atoms with van der Waals surface area (Å²) in [5.74, 6) is -4.67. The van der Waals surface area contributed by atoms with Crippen molar-refractivity contribution in [3.05, 3.63) is 110 Å². The quantitative estimate of drug-likeness (QED) is 0.164. The number of imide groups is 1.